The fourth-order valence-corrected chi connectivity index (χ4v) is 3.69. The lowest BCUT2D eigenvalue weighted by Gasteiger charge is -2.04. The summed E-state index contributed by atoms with van der Waals surface area (Å²) in [6, 6.07) is 13.9. The molecular formula is C20H15N5O4S. The van der Waals surface area contributed by atoms with Gasteiger partial charge in [-0.05, 0) is 42.1 Å². The normalized spacial score (nSPS) is 14.8. The van der Waals surface area contributed by atoms with Crippen molar-refractivity contribution in [2.75, 3.05) is 7.11 Å². The second-order valence-corrected chi connectivity index (χ2v) is 7.30. The molecule has 1 aromatic heterocycles. The molecular weight excluding hydrogens is 406 g/mol. The number of ether oxygens (including phenoxy) is 1. The number of nitro groups is 1. The lowest BCUT2D eigenvalue weighted by atomic mass is 10.1. The maximum absolute atomic E-state index is 12.1. The van der Waals surface area contributed by atoms with E-state index in [0.717, 1.165) is 17.4 Å². The fourth-order valence-electron chi connectivity index (χ4n) is 2.99. The summed E-state index contributed by atoms with van der Waals surface area (Å²) < 4.78 is 6.72. The predicted molar refractivity (Wildman–Crippen MR) is 114 cm³/mol. The first-order valence-corrected chi connectivity index (χ1v) is 9.55. The molecule has 3 aromatic rings. The highest BCUT2D eigenvalue weighted by molar-refractivity contribution is 8.18. The van der Waals surface area contributed by atoms with Crippen LogP contribution in [0, 0.1) is 15.5 Å². The Morgan fingerprint density at radius 3 is 2.67 bits per heavy atom. The number of nitrogens with one attached hydrogen (secondary N) is 2. The van der Waals surface area contributed by atoms with Crippen molar-refractivity contribution in [2.45, 2.75) is 0 Å². The average Bonchev–Trinajstić information content (AvgIpc) is 3.31. The molecule has 0 bridgehead atoms. The summed E-state index contributed by atoms with van der Waals surface area (Å²) >= 11 is 1.01. The number of thioether (sulfide) groups is 1. The molecule has 1 amide bonds. The number of nitro benzene ring substituents is 1. The third kappa shape index (κ3) is 3.67. The molecule has 1 saturated heterocycles. The van der Waals surface area contributed by atoms with E-state index in [1.807, 2.05) is 30.3 Å². The topological polar surface area (TPSA) is 123 Å². The molecule has 1 aliphatic heterocycles. The minimum absolute atomic E-state index is 0.0448. The number of aromatic nitrogens is 2. The number of benzene rings is 2. The fraction of sp³-hybridized carbons (Fsp3) is 0.0500. The summed E-state index contributed by atoms with van der Waals surface area (Å²) in [6.45, 7) is 0. The lowest BCUT2D eigenvalue weighted by molar-refractivity contribution is -0.385. The zero-order valence-corrected chi connectivity index (χ0v) is 16.5. The molecule has 2 N–H and O–H groups in total. The number of hydrogen-bond donors (Lipinski definition) is 2. The Morgan fingerprint density at radius 2 is 2.03 bits per heavy atom. The van der Waals surface area contributed by atoms with Gasteiger partial charge < -0.3 is 10.1 Å². The van der Waals surface area contributed by atoms with E-state index in [-0.39, 0.29) is 22.5 Å². The van der Waals surface area contributed by atoms with Crippen molar-refractivity contribution in [3.05, 3.63) is 75.3 Å². The second-order valence-electron chi connectivity index (χ2n) is 6.25. The smallest absolute Gasteiger partial charge is 0.311 e. The van der Waals surface area contributed by atoms with Gasteiger partial charge in [0.25, 0.3) is 5.91 Å². The van der Waals surface area contributed by atoms with Crippen LogP contribution in [0.1, 0.15) is 5.56 Å². The van der Waals surface area contributed by atoms with Crippen LogP contribution in [0.5, 0.6) is 5.75 Å². The van der Waals surface area contributed by atoms with Gasteiger partial charge in [-0.1, -0.05) is 18.2 Å². The van der Waals surface area contributed by atoms with Crippen LogP contribution in [-0.4, -0.2) is 32.9 Å². The zero-order chi connectivity index (χ0) is 21.3. The third-order valence-electron chi connectivity index (χ3n) is 4.36. The van der Waals surface area contributed by atoms with Gasteiger partial charge >= 0.3 is 5.69 Å². The number of hydrogen-bond acceptors (Lipinski definition) is 7. The Hall–Kier alpha value is -3.92. The molecule has 0 spiro atoms. The molecule has 10 heteroatoms. The van der Waals surface area contributed by atoms with E-state index >= 15 is 0 Å². The van der Waals surface area contributed by atoms with E-state index in [1.165, 1.54) is 19.2 Å². The highest BCUT2D eigenvalue weighted by Crippen LogP contribution is 2.35. The Morgan fingerprint density at radius 1 is 1.27 bits per heavy atom. The van der Waals surface area contributed by atoms with E-state index in [2.05, 4.69) is 10.4 Å². The number of carbonyl (C=O) groups excluding carboxylic acids is 1. The van der Waals surface area contributed by atoms with Gasteiger partial charge in [0, 0.05) is 23.4 Å². The summed E-state index contributed by atoms with van der Waals surface area (Å²) in [5.41, 5.74) is 2.16. The van der Waals surface area contributed by atoms with Crippen LogP contribution in [0.25, 0.3) is 23.0 Å². The van der Waals surface area contributed by atoms with Crippen LogP contribution < -0.4 is 10.1 Å². The number of rotatable bonds is 5. The first-order chi connectivity index (χ1) is 14.5. The van der Waals surface area contributed by atoms with Crippen molar-refractivity contribution in [1.82, 2.24) is 15.1 Å². The van der Waals surface area contributed by atoms with Gasteiger partial charge in [-0.15, -0.1) is 0 Å². The van der Waals surface area contributed by atoms with Gasteiger partial charge in [0.05, 0.1) is 22.6 Å². The quantitative estimate of drug-likeness (QED) is 0.369. The molecule has 30 heavy (non-hydrogen) atoms. The number of amidine groups is 1. The van der Waals surface area contributed by atoms with E-state index < -0.39 is 4.92 Å². The van der Waals surface area contributed by atoms with Gasteiger partial charge in [0.15, 0.2) is 10.9 Å². The number of nitrogens with zero attached hydrogens (tertiary/aromatic N) is 3. The maximum atomic E-state index is 12.1. The highest BCUT2D eigenvalue weighted by Gasteiger charge is 2.24. The number of amides is 1. The van der Waals surface area contributed by atoms with Crippen LogP contribution in [0.4, 0.5) is 5.69 Å². The summed E-state index contributed by atoms with van der Waals surface area (Å²) in [6.07, 6.45) is 3.36. The highest BCUT2D eigenvalue weighted by atomic mass is 32.2. The molecule has 0 saturated carbocycles. The Balaban J connectivity index is 1.88. The molecule has 0 unspecified atom stereocenters. The van der Waals surface area contributed by atoms with E-state index in [1.54, 1.807) is 23.0 Å². The van der Waals surface area contributed by atoms with Gasteiger partial charge in [0.2, 0.25) is 0 Å². The molecule has 150 valence electrons. The van der Waals surface area contributed by atoms with Crippen molar-refractivity contribution >= 4 is 34.6 Å². The van der Waals surface area contributed by atoms with Gasteiger partial charge in [-0.25, -0.2) is 4.68 Å². The first kappa shape index (κ1) is 19.4. The summed E-state index contributed by atoms with van der Waals surface area (Å²) in [4.78, 5) is 23.3. The Kier molecular flexibility index (Phi) is 5.07. The minimum Gasteiger partial charge on any atom is -0.490 e. The van der Waals surface area contributed by atoms with E-state index in [0.29, 0.717) is 21.7 Å². The number of methoxy groups -OCH3 is 1. The molecule has 2 heterocycles. The van der Waals surface area contributed by atoms with Crippen LogP contribution in [0.15, 0.2) is 59.6 Å². The predicted octanol–water partition coefficient (Wildman–Crippen LogP) is 3.59. The average molecular weight is 421 g/mol. The third-order valence-corrected chi connectivity index (χ3v) is 5.19. The molecule has 4 rings (SSSR count). The van der Waals surface area contributed by atoms with Gasteiger partial charge in [-0.2, -0.15) is 5.10 Å². The standard InChI is InChI=1S/C20H15N5O4S/c1-29-16-8-7-12(9-15(16)25(27)28)18-13(10-17-19(26)22-20(21)30-17)11-24(23-18)14-5-3-2-4-6-14/h2-11H,1H3,(H2,21,22,26). The van der Waals surface area contributed by atoms with Gasteiger partial charge in [0.1, 0.15) is 5.69 Å². The first-order valence-electron chi connectivity index (χ1n) is 8.73. The summed E-state index contributed by atoms with van der Waals surface area (Å²) in [5.74, 6) is -0.227. The number of carbonyl (C=O) groups is 1. The SMILES string of the molecule is COc1ccc(-c2nn(-c3ccccc3)cc2C=C2SC(=N)NC2=O)cc1[N+](=O)[O-]. The van der Waals surface area contributed by atoms with E-state index in [9.17, 15) is 14.9 Å². The van der Waals surface area contributed by atoms with Crippen molar-refractivity contribution in [3.8, 4) is 22.7 Å². The van der Waals surface area contributed by atoms with Crippen molar-refractivity contribution in [3.63, 3.8) is 0 Å². The lowest BCUT2D eigenvalue weighted by Crippen LogP contribution is -2.18. The largest absolute Gasteiger partial charge is 0.490 e. The molecule has 1 aliphatic rings. The zero-order valence-electron chi connectivity index (χ0n) is 15.7. The van der Waals surface area contributed by atoms with Crippen LogP contribution >= 0.6 is 11.8 Å². The van der Waals surface area contributed by atoms with E-state index in [4.69, 9.17) is 10.1 Å². The second kappa shape index (κ2) is 7.84. The molecule has 2 aromatic carbocycles. The Labute approximate surface area is 175 Å². The Bertz CT molecular complexity index is 1200. The molecule has 0 radical (unpaired) electrons. The summed E-state index contributed by atoms with van der Waals surface area (Å²) in [5, 5.41) is 26.2. The maximum Gasteiger partial charge on any atom is 0.311 e. The van der Waals surface area contributed by atoms with Crippen molar-refractivity contribution < 1.29 is 14.5 Å². The summed E-state index contributed by atoms with van der Waals surface area (Å²) in [7, 11) is 1.37. The minimum atomic E-state index is -0.518. The van der Waals surface area contributed by atoms with Crippen LogP contribution in [0.3, 0.4) is 0 Å². The van der Waals surface area contributed by atoms with Gasteiger partial charge in [-0.3, -0.25) is 20.3 Å². The molecule has 0 aliphatic carbocycles. The molecule has 1 fully saturated rings. The van der Waals surface area contributed by atoms with Crippen LogP contribution in [-0.2, 0) is 4.79 Å². The molecule has 9 nitrogen and oxygen atoms in total. The van der Waals surface area contributed by atoms with Crippen molar-refractivity contribution in [1.29, 1.82) is 5.41 Å². The van der Waals surface area contributed by atoms with Crippen LogP contribution in [0.2, 0.25) is 0 Å². The van der Waals surface area contributed by atoms with Crippen molar-refractivity contribution in [2.24, 2.45) is 0 Å². The number of para-hydroxylation sites is 1. The molecule has 0 atom stereocenters. The monoisotopic (exact) mass is 421 g/mol.